The van der Waals surface area contributed by atoms with Crippen LogP contribution < -0.4 is 14.8 Å². The van der Waals surface area contributed by atoms with Crippen LogP contribution in [-0.2, 0) is 4.79 Å². The molecule has 1 aliphatic heterocycles. The van der Waals surface area contributed by atoms with Gasteiger partial charge in [0.15, 0.2) is 0 Å². The Hall–Kier alpha value is -1.46. The first-order chi connectivity index (χ1) is 9.70. The van der Waals surface area contributed by atoms with Crippen molar-refractivity contribution in [2.45, 2.75) is 19.4 Å². The second-order valence-electron chi connectivity index (χ2n) is 4.91. The van der Waals surface area contributed by atoms with Gasteiger partial charge in [0.05, 0.1) is 20.1 Å². The number of rotatable bonds is 5. The van der Waals surface area contributed by atoms with Gasteiger partial charge in [-0.05, 0) is 31.2 Å². The number of benzene rings is 1. The molecule has 1 heterocycles. The lowest BCUT2D eigenvalue weighted by Gasteiger charge is -2.34. The number of hydrogen-bond acceptors (Lipinski definition) is 4. The number of nitrogens with zero attached hydrogens (tertiary/aromatic N) is 1. The molecule has 1 aromatic rings. The van der Waals surface area contributed by atoms with E-state index in [1.807, 2.05) is 29.2 Å². The summed E-state index contributed by atoms with van der Waals surface area (Å²) in [5, 5.41) is 3.28. The lowest BCUT2D eigenvalue weighted by atomic mass is 10.2. The highest BCUT2D eigenvalue weighted by molar-refractivity contribution is 5.85. The fourth-order valence-electron chi connectivity index (χ4n) is 2.28. The second kappa shape index (κ2) is 8.74. The Morgan fingerprint density at radius 2 is 2.00 bits per heavy atom. The van der Waals surface area contributed by atoms with E-state index in [0.717, 1.165) is 31.1 Å². The number of piperazine rings is 1. The minimum absolute atomic E-state index is 0. The summed E-state index contributed by atoms with van der Waals surface area (Å²) in [6.45, 7) is 4.99. The van der Waals surface area contributed by atoms with E-state index in [9.17, 15) is 4.79 Å². The summed E-state index contributed by atoms with van der Waals surface area (Å²) in [6.07, 6.45) is 0.413. The third-order valence-electron chi connectivity index (χ3n) is 3.47. The lowest BCUT2D eigenvalue weighted by molar-refractivity contribution is -0.134. The molecule has 118 valence electrons. The van der Waals surface area contributed by atoms with Crippen LogP contribution in [0.15, 0.2) is 24.3 Å². The maximum atomic E-state index is 12.1. The van der Waals surface area contributed by atoms with Crippen molar-refractivity contribution in [2.75, 3.05) is 33.4 Å². The summed E-state index contributed by atoms with van der Waals surface area (Å²) in [5.41, 5.74) is 0. The molecule has 0 aliphatic carbocycles. The highest BCUT2D eigenvalue weighted by Crippen LogP contribution is 2.17. The quantitative estimate of drug-likeness (QED) is 0.899. The molecule has 5 nitrogen and oxygen atoms in total. The summed E-state index contributed by atoms with van der Waals surface area (Å²) in [4.78, 5) is 14.0. The molecule has 6 heteroatoms. The molecule has 1 fully saturated rings. The molecule has 0 bridgehead atoms. The third-order valence-corrected chi connectivity index (χ3v) is 3.47. The molecule has 1 aliphatic rings. The predicted octanol–water partition coefficient (Wildman–Crippen LogP) is 1.71. The standard InChI is InChI=1S/C15H22N2O3.ClH/c1-12-11-16-8-9-17(12)15(18)7-10-20-14-5-3-13(19-2)4-6-14;/h3-6,12,16H,7-11H2,1-2H3;1H/t12-;/m0./s1. The molecular formula is C15H23ClN2O3. The van der Waals surface area contributed by atoms with Crippen molar-refractivity contribution >= 4 is 18.3 Å². The van der Waals surface area contributed by atoms with Crippen LogP contribution in [0.25, 0.3) is 0 Å². The van der Waals surface area contributed by atoms with E-state index >= 15 is 0 Å². The summed E-state index contributed by atoms with van der Waals surface area (Å²) in [5.74, 6) is 1.71. The molecule has 0 spiro atoms. The van der Waals surface area contributed by atoms with E-state index < -0.39 is 0 Å². The Bertz CT molecular complexity index is 439. The van der Waals surface area contributed by atoms with Gasteiger partial charge < -0.3 is 19.7 Å². The first-order valence-electron chi connectivity index (χ1n) is 6.97. The molecule has 1 amide bonds. The van der Waals surface area contributed by atoms with E-state index in [2.05, 4.69) is 12.2 Å². The van der Waals surface area contributed by atoms with Crippen LogP contribution in [0.2, 0.25) is 0 Å². The van der Waals surface area contributed by atoms with Crippen LogP contribution in [-0.4, -0.2) is 50.2 Å². The third kappa shape index (κ3) is 5.10. The number of amides is 1. The van der Waals surface area contributed by atoms with Gasteiger partial charge in [0.2, 0.25) is 5.91 Å². The molecule has 0 unspecified atom stereocenters. The average Bonchev–Trinajstić information content (AvgIpc) is 2.48. The molecule has 1 atom stereocenters. The molecule has 2 rings (SSSR count). The number of halogens is 1. The highest BCUT2D eigenvalue weighted by Gasteiger charge is 2.22. The van der Waals surface area contributed by atoms with Gasteiger partial charge >= 0.3 is 0 Å². The minimum atomic E-state index is 0. The maximum absolute atomic E-state index is 12.1. The summed E-state index contributed by atoms with van der Waals surface area (Å²) < 4.78 is 10.7. The van der Waals surface area contributed by atoms with Gasteiger partial charge in [-0.3, -0.25) is 4.79 Å². The van der Waals surface area contributed by atoms with Crippen molar-refractivity contribution in [3.8, 4) is 11.5 Å². The van der Waals surface area contributed by atoms with Crippen molar-refractivity contribution in [2.24, 2.45) is 0 Å². The monoisotopic (exact) mass is 314 g/mol. The number of hydrogen-bond donors (Lipinski definition) is 1. The first-order valence-corrected chi connectivity index (χ1v) is 6.97. The zero-order chi connectivity index (χ0) is 14.4. The van der Waals surface area contributed by atoms with Gasteiger partial charge in [0.1, 0.15) is 11.5 Å². The van der Waals surface area contributed by atoms with Gasteiger partial charge in [-0.2, -0.15) is 0 Å². The average molecular weight is 315 g/mol. The maximum Gasteiger partial charge on any atom is 0.226 e. The van der Waals surface area contributed by atoms with Crippen LogP contribution in [0.5, 0.6) is 11.5 Å². The number of carbonyl (C=O) groups excluding carboxylic acids is 1. The van der Waals surface area contributed by atoms with Crippen molar-refractivity contribution in [1.82, 2.24) is 10.2 Å². The van der Waals surface area contributed by atoms with E-state index in [1.165, 1.54) is 0 Å². The topological polar surface area (TPSA) is 50.8 Å². The largest absolute Gasteiger partial charge is 0.497 e. The number of ether oxygens (including phenoxy) is 2. The zero-order valence-corrected chi connectivity index (χ0v) is 13.3. The molecule has 0 saturated carbocycles. The lowest BCUT2D eigenvalue weighted by Crippen LogP contribution is -2.52. The van der Waals surface area contributed by atoms with E-state index in [1.54, 1.807) is 7.11 Å². The van der Waals surface area contributed by atoms with Crippen LogP contribution in [0.3, 0.4) is 0 Å². The molecule has 1 saturated heterocycles. The normalized spacial score (nSPS) is 17.8. The van der Waals surface area contributed by atoms with Crippen LogP contribution >= 0.6 is 12.4 Å². The molecule has 0 aromatic heterocycles. The fourth-order valence-corrected chi connectivity index (χ4v) is 2.28. The Balaban J connectivity index is 0.00000220. The summed E-state index contributed by atoms with van der Waals surface area (Å²) in [6, 6.07) is 7.63. The highest BCUT2D eigenvalue weighted by atomic mass is 35.5. The first kappa shape index (κ1) is 17.6. The van der Waals surface area contributed by atoms with Crippen molar-refractivity contribution in [1.29, 1.82) is 0 Å². The second-order valence-corrected chi connectivity index (χ2v) is 4.91. The van der Waals surface area contributed by atoms with E-state index in [-0.39, 0.29) is 24.4 Å². The Morgan fingerprint density at radius 3 is 2.62 bits per heavy atom. The van der Waals surface area contributed by atoms with Gasteiger partial charge in [0, 0.05) is 25.7 Å². The molecule has 21 heavy (non-hydrogen) atoms. The zero-order valence-electron chi connectivity index (χ0n) is 12.5. The van der Waals surface area contributed by atoms with Gasteiger partial charge in [-0.15, -0.1) is 12.4 Å². The van der Waals surface area contributed by atoms with E-state index in [4.69, 9.17) is 9.47 Å². The Labute approximate surface area is 132 Å². The van der Waals surface area contributed by atoms with Crippen molar-refractivity contribution in [3.05, 3.63) is 24.3 Å². The number of nitrogens with one attached hydrogen (secondary N) is 1. The Kier molecular flexibility index (Phi) is 7.32. The number of carbonyl (C=O) groups is 1. The van der Waals surface area contributed by atoms with Crippen LogP contribution in [0, 0.1) is 0 Å². The van der Waals surface area contributed by atoms with E-state index in [0.29, 0.717) is 13.0 Å². The molecule has 1 aromatic carbocycles. The fraction of sp³-hybridized carbons (Fsp3) is 0.533. The SMILES string of the molecule is COc1ccc(OCCC(=O)N2CCNC[C@@H]2C)cc1.Cl. The van der Waals surface area contributed by atoms with Gasteiger partial charge in [-0.1, -0.05) is 0 Å². The summed E-state index contributed by atoms with van der Waals surface area (Å²) >= 11 is 0. The predicted molar refractivity (Wildman–Crippen MR) is 84.4 cm³/mol. The van der Waals surface area contributed by atoms with Gasteiger partial charge in [0.25, 0.3) is 0 Å². The molecular weight excluding hydrogens is 292 g/mol. The van der Waals surface area contributed by atoms with Crippen LogP contribution in [0.4, 0.5) is 0 Å². The Morgan fingerprint density at radius 1 is 1.33 bits per heavy atom. The van der Waals surface area contributed by atoms with Crippen molar-refractivity contribution < 1.29 is 14.3 Å². The summed E-state index contributed by atoms with van der Waals surface area (Å²) in [7, 11) is 1.63. The van der Waals surface area contributed by atoms with Crippen LogP contribution in [0.1, 0.15) is 13.3 Å². The minimum Gasteiger partial charge on any atom is -0.497 e. The smallest absolute Gasteiger partial charge is 0.226 e. The van der Waals surface area contributed by atoms with Gasteiger partial charge in [-0.25, -0.2) is 0 Å². The number of methoxy groups -OCH3 is 1. The molecule has 1 N–H and O–H groups in total. The van der Waals surface area contributed by atoms with Crippen molar-refractivity contribution in [3.63, 3.8) is 0 Å². The molecule has 0 radical (unpaired) electrons.